The predicted molar refractivity (Wildman–Crippen MR) is 335 cm³/mol. The van der Waals surface area contributed by atoms with Gasteiger partial charge >= 0.3 is 30.4 Å². The molecule has 498 valence electrons. The van der Waals surface area contributed by atoms with Gasteiger partial charge in [-0.2, -0.15) is 39.5 Å². The van der Waals surface area contributed by atoms with Crippen molar-refractivity contribution in [3.8, 4) is 34.5 Å². The van der Waals surface area contributed by atoms with Gasteiger partial charge in [-0.25, -0.2) is 31.9 Å². The molecular weight excluding hydrogens is 1360 g/mol. The van der Waals surface area contributed by atoms with Gasteiger partial charge in [0.2, 0.25) is 17.5 Å². The number of nitrogens with one attached hydrogen (secondary N) is 6. The van der Waals surface area contributed by atoms with Crippen LogP contribution in [0.2, 0.25) is 10.0 Å². The Bertz CT molecular complexity index is 5030. The number of nitrogens with zero attached hydrogens (tertiary/aromatic N) is 6. The van der Waals surface area contributed by atoms with Crippen molar-refractivity contribution in [1.29, 1.82) is 0 Å². The average molecular weight is 1400 g/mol. The minimum absolute atomic E-state index is 0.0820. The molecule has 6 amide bonds. The van der Waals surface area contributed by atoms with Crippen LogP contribution in [0.25, 0.3) is 33.1 Å². The molecule has 98 heavy (non-hydrogen) atoms. The molecule has 0 fully saturated rings. The molecule has 3 heterocycles. The number of hydrogen-bond donors (Lipinski definition) is 6. The molecule has 0 atom stereocenters. The summed E-state index contributed by atoms with van der Waals surface area (Å²) in [7, 11) is 0. The number of amides is 6. The van der Waals surface area contributed by atoms with E-state index in [1.165, 1.54) is 91.8 Å². The monoisotopic (exact) mass is 1400 g/mol. The molecule has 33 heteroatoms. The molecule has 0 bridgehead atoms. The van der Waals surface area contributed by atoms with Crippen molar-refractivity contribution in [2.24, 2.45) is 0 Å². The Labute approximate surface area is 551 Å². The van der Waals surface area contributed by atoms with Crippen molar-refractivity contribution in [3.05, 3.63) is 251 Å². The second kappa shape index (κ2) is 29.7. The Kier molecular flexibility index (Phi) is 20.8. The number of anilines is 6. The first-order chi connectivity index (χ1) is 46.7. The lowest BCUT2D eigenvalue weighted by Gasteiger charge is -2.13. The van der Waals surface area contributed by atoms with E-state index in [2.05, 4.69) is 61.8 Å². The van der Waals surface area contributed by atoms with Gasteiger partial charge in [-0.1, -0.05) is 29.3 Å². The Morgan fingerprint density at radius 2 is 0.653 bits per heavy atom. The topological polar surface area (TPSA) is 228 Å². The van der Waals surface area contributed by atoms with Crippen molar-refractivity contribution >= 4 is 109 Å². The minimum atomic E-state index is -4.73. The number of carbonyl (C=O) groups is 3. The summed E-state index contributed by atoms with van der Waals surface area (Å²) in [5.41, 5.74) is 0.340. The van der Waals surface area contributed by atoms with Crippen LogP contribution >= 0.6 is 23.2 Å². The summed E-state index contributed by atoms with van der Waals surface area (Å²) in [5, 5.41) is 12.9. The second-order valence-corrected chi connectivity index (χ2v) is 20.7. The summed E-state index contributed by atoms with van der Waals surface area (Å²) in [6.45, 7) is 0. The van der Waals surface area contributed by atoms with Gasteiger partial charge in [-0.15, -0.1) is 0 Å². The number of rotatable bonds is 12. The Morgan fingerprint density at radius 1 is 0.327 bits per heavy atom. The number of benzene rings is 9. The van der Waals surface area contributed by atoms with Crippen LogP contribution in [0.4, 0.5) is 106 Å². The highest BCUT2D eigenvalue weighted by Gasteiger charge is 2.34. The first-order valence-corrected chi connectivity index (χ1v) is 28.3. The van der Waals surface area contributed by atoms with E-state index in [1.54, 1.807) is 18.2 Å². The zero-order valence-electron chi connectivity index (χ0n) is 48.7. The van der Waals surface area contributed by atoms with Crippen LogP contribution < -0.4 is 46.1 Å². The summed E-state index contributed by atoms with van der Waals surface area (Å²) in [6.07, 6.45) is -0.406. The second-order valence-electron chi connectivity index (χ2n) is 19.9. The van der Waals surface area contributed by atoms with Crippen molar-refractivity contribution in [1.82, 2.24) is 29.9 Å². The lowest BCUT2D eigenvalue weighted by molar-refractivity contribution is -0.138. The summed E-state index contributed by atoms with van der Waals surface area (Å²) in [6, 6.07) is 26.7. The van der Waals surface area contributed by atoms with Crippen LogP contribution in [-0.4, -0.2) is 48.0 Å². The summed E-state index contributed by atoms with van der Waals surface area (Å²) >= 11 is 11.1. The van der Waals surface area contributed by atoms with Gasteiger partial charge in [0.1, 0.15) is 23.1 Å². The normalized spacial score (nSPS) is 11.1. The van der Waals surface area contributed by atoms with Crippen LogP contribution in [0, 0.1) is 40.7 Å². The van der Waals surface area contributed by atoms with Crippen LogP contribution in [-0.2, 0) is 12.4 Å². The largest absolute Gasteiger partial charge is 0.454 e. The van der Waals surface area contributed by atoms with Crippen molar-refractivity contribution in [2.75, 3.05) is 31.9 Å². The predicted octanol–water partition coefficient (Wildman–Crippen LogP) is 19.5. The van der Waals surface area contributed by atoms with E-state index in [9.17, 15) is 71.5 Å². The molecule has 18 nitrogen and oxygen atoms in total. The van der Waals surface area contributed by atoms with Crippen molar-refractivity contribution in [2.45, 2.75) is 12.4 Å². The quantitative estimate of drug-likeness (QED) is 0.0628. The maximum absolute atomic E-state index is 14.3. The molecule has 0 aliphatic heterocycles. The number of hydrogen-bond acceptors (Lipinski definition) is 12. The Hall–Kier alpha value is -12.1. The summed E-state index contributed by atoms with van der Waals surface area (Å²) in [5.74, 6) is -9.44. The molecule has 0 saturated carbocycles. The van der Waals surface area contributed by atoms with Crippen LogP contribution in [0.3, 0.4) is 0 Å². The van der Waals surface area contributed by atoms with E-state index in [0.717, 1.165) is 60.7 Å². The number of aromatic nitrogens is 6. The van der Waals surface area contributed by atoms with Gasteiger partial charge in [0.25, 0.3) is 0 Å². The summed E-state index contributed by atoms with van der Waals surface area (Å²) in [4.78, 5) is 61.2. The molecule has 12 aromatic rings. The lowest BCUT2D eigenvalue weighted by Crippen LogP contribution is -2.20. The smallest absolute Gasteiger partial charge is 0.417 e. The van der Waals surface area contributed by atoms with Gasteiger partial charge in [-0.05, 0) is 91.0 Å². The van der Waals surface area contributed by atoms with Gasteiger partial charge < -0.3 is 46.1 Å². The molecule has 0 unspecified atom stereocenters. The molecule has 0 aliphatic rings. The third-order valence-electron chi connectivity index (χ3n) is 12.9. The first kappa shape index (κ1) is 68.7. The number of alkyl halides is 6. The zero-order chi connectivity index (χ0) is 70.0. The highest BCUT2D eigenvalue weighted by atomic mass is 35.5. The first-order valence-electron chi connectivity index (χ1n) is 27.5. The summed E-state index contributed by atoms with van der Waals surface area (Å²) < 4.78 is 192. The molecule has 12 rings (SSSR count). The third-order valence-corrected chi connectivity index (χ3v) is 13.6. The highest BCUT2D eigenvalue weighted by molar-refractivity contribution is 6.31. The van der Waals surface area contributed by atoms with E-state index < -0.39 is 105 Å². The number of carbonyl (C=O) groups excluding carboxylic acids is 3. The van der Waals surface area contributed by atoms with Crippen molar-refractivity contribution in [3.63, 3.8) is 0 Å². The maximum atomic E-state index is 14.3. The molecule has 9 aromatic carbocycles. The molecule has 0 radical (unpaired) electrons. The van der Waals surface area contributed by atoms with E-state index in [4.69, 9.17) is 37.4 Å². The van der Waals surface area contributed by atoms with Gasteiger partial charge in [0, 0.05) is 126 Å². The van der Waals surface area contributed by atoms with E-state index in [-0.39, 0.29) is 56.4 Å². The molecule has 0 saturated heterocycles. The number of fused-ring (bicyclic) bond motifs is 3. The molecule has 0 spiro atoms. The molecule has 6 N–H and O–H groups in total. The standard InChI is InChI=1S/C22H12ClF5N4O2.C22H13F5N4O2.C21H12ClF3N4O2/c23-15-3-1-11(7-14(15)22(26,27)28)31-21(33)32-12-8-16(24)20(25)19(9-12)34-13-2-4-17-18(10-13)30-6-5-29-17;23-16-9-14(31-21(32)30-13-3-1-2-12(8-13)22(25,26)27)10-19(20(16)24)33-15-4-5-17-18(11-15)29-7-6-28-17;22-14-3-1-11(7-15(14)23)28-21(30)29-12-8-16(24)20(25)19(9-12)31-13-2-4-17-18(10-13)27-6-5-26-17/h1-10H,(H2,31,32,33);1-11H,(H2,30,31,32);1-10H,(H2,28,29,30). The lowest BCUT2D eigenvalue weighted by atomic mass is 10.2. The molecule has 0 aliphatic carbocycles. The van der Waals surface area contributed by atoms with Crippen LogP contribution in [0.1, 0.15) is 11.1 Å². The maximum Gasteiger partial charge on any atom is 0.417 e. The zero-order valence-corrected chi connectivity index (χ0v) is 50.2. The fourth-order valence-electron chi connectivity index (χ4n) is 8.58. The van der Waals surface area contributed by atoms with E-state index in [0.29, 0.717) is 51.3 Å². The SMILES string of the molecule is O=C(Nc1cc(F)c(F)c(Oc2ccc3nccnc3c2)c1)Nc1ccc(Cl)c(C(F)(F)F)c1.O=C(Nc1ccc(Cl)c(F)c1)Nc1cc(F)c(F)c(Oc2ccc3nccnc3c2)c1.O=C(Nc1cccc(C(F)(F)F)c1)Nc1cc(F)c(F)c(Oc2ccc3nccnc3c2)c1. The minimum Gasteiger partial charge on any atom is -0.454 e. The van der Waals surface area contributed by atoms with Crippen molar-refractivity contribution < 1.29 is 85.7 Å². The fourth-order valence-corrected chi connectivity index (χ4v) is 8.92. The molecular formula is C65H37Cl2F13N12O6. The fraction of sp³-hybridized carbons (Fsp3) is 0.0308. The van der Waals surface area contributed by atoms with Crippen LogP contribution in [0.5, 0.6) is 34.5 Å². The van der Waals surface area contributed by atoms with Gasteiger partial charge in [-0.3, -0.25) is 29.9 Å². The average Bonchev–Trinajstić information content (AvgIpc) is 0.832. The Morgan fingerprint density at radius 3 is 1.01 bits per heavy atom. The van der Waals surface area contributed by atoms with Crippen LogP contribution in [0.15, 0.2) is 189 Å². The van der Waals surface area contributed by atoms with Gasteiger partial charge in [0.15, 0.2) is 34.7 Å². The van der Waals surface area contributed by atoms with E-state index >= 15 is 0 Å². The van der Waals surface area contributed by atoms with Gasteiger partial charge in [0.05, 0.1) is 54.3 Å². The number of ether oxygens (including phenoxy) is 3. The number of halogens is 15. The van der Waals surface area contributed by atoms with E-state index in [1.807, 2.05) is 0 Å². The Balaban J connectivity index is 0.000000159. The molecule has 3 aromatic heterocycles. The third kappa shape index (κ3) is 17.8. The highest BCUT2D eigenvalue weighted by Crippen LogP contribution is 2.38. The number of urea groups is 3.